The number of hydrogen-bond acceptors (Lipinski definition) is 1. The van der Waals surface area contributed by atoms with E-state index >= 15 is 0 Å². The van der Waals surface area contributed by atoms with Gasteiger partial charge in [0.05, 0.1) is 0 Å². The highest BCUT2D eigenvalue weighted by molar-refractivity contribution is 6.83. The summed E-state index contributed by atoms with van der Waals surface area (Å²) in [5.41, 5.74) is 3.29. The zero-order valence-corrected chi connectivity index (χ0v) is 10.7. The van der Waals surface area contributed by atoms with Crippen molar-refractivity contribution in [2.24, 2.45) is 0 Å². The number of rotatable bonds is 0. The normalized spacial score (nSPS) is 19.7. The Kier molecular flexibility index (Phi) is 3.54. The Labute approximate surface area is 92.7 Å². The molecule has 0 fully saturated rings. The van der Waals surface area contributed by atoms with Crippen molar-refractivity contribution in [1.29, 1.82) is 0 Å². The fourth-order valence-corrected chi connectivity index (χ4v) is 1.79. The Morgan fingerprint density at radius 2 is 2.00 bits per heavy atom. The molecular weight excluding hydrogens is 202 g/mol. The van der Waals surface area contributed by atoms with Crippen LogP contribution in [0.4, 0.5) is 0 Å². The molecule has 1 heterocycles. The molecule has 2 nitrogen and oxygen atoms in total. The third-order valence-electron chi connectivity index (χ3n) is 1.91. The van der Waals surface area contributed by atoms with E-state index < -0.39 is 8.07 Å². The standard InChI is InChI=1S/C12H17NOSi/c1-11(14)13-9-6-5-7-12(13)8-10-15(2,3)4/h5-7,9,12H,1-4H3/t12-/m1/s1. The van der Waals surface area contributed by atoms with Gasteiger partial charge in [-0.2, -0.15) is 0 Å². The average molecular weight is 219 g/mol. The predicted molar refractivity (Wildman–Crippen MR) is 65.7 cm³/mol. The molecule has 0 spiro atoms. The second-order valence-electron chi connectivity index (χ2n) is 4.62. The molecular formula is C12H17NOSi. The number of carbonyl (C=O) groups is 1. The Morgan fingerprint density at radius 1 is 1.33 bits per heavy atom. The summed E-state index contributed by atoms with van der Waals surface area (Å²) in [6.07, 6.45) is 7.53. The summed E-state index contributed by atoms with van der Waals surface area (Å²) < 4.78 is 0. The van der Waals surface area contributed by atoms with Gasteiger partial charge in [-0.1, -0.05) is 31.6 Å². The fraction of sp³-hybridized carbons (Fsp3) is 0.417. The average Bonchev–Trinajstić information content (AvgIpc) is 2.14. The molecule has 3 heteroatoms. The quantitative estimate of drug-likeness (QED) is 0.452. The monoisotopic (exact) mass is 219 g/mol. The molecule has 0 saturated heterocycles. The van der Waals surface area contributed by atoms with Crippen molar-refractivity contribution >= 4 is 14.0 Å². The van der Waals surface area contributed by atoms with E-state index in [2.05, 4.69) is 31.1 Å². The lowest BCUT2D eigenvalue weighted by molar-refractivity contribution is -0.126. The molecule has 0 radical (unpaired) electrons. The van der Waals surface area contributed by atoms with Crippen molar-refractivity contribution in [2.75, 3.05) is 0 Å². The fourth-order valence-electron chi connectivity index (χ4n) is 1.21. The Balaban J connectivity index is 2.84. The van der Waals surface area contributed by atoms with E-state index in [1.54, 1.807) is 18.0 Å². The lowest BCUT2D eigenvalue weighted by Crippen LogP contribution is -2.33. The van der Waals surface area contributed by atoms with Crippen molar-refractivity contribution in [3.63, 3.8) is 0 Å². The molecule has 0 saturated carbocycles. The molecule has 0 aromatic carbocycles. The number of amides is 1. The van der Waals surface area contributed by atoms with Crippen LogP contribution in [0.2, 0.25) is 19.6 Å². The van der Waals surface area contributed by atoms with E-state index in [-0.39, 0.29) is 11.9 Å². The van der Waals surface area contributed by atoms with Gasteiger partial charge in [-0.05, 0) is 12.2 Å². The van der Waals surface area contributed by atoms with Gasteiger partial charge >= 0.3 is 0 Å². The molecule has 1 aliphatic rings. The Bertz CT molecular complexity index is 365. The van der Waals surface area contributed by atoms with E-state index in [4.69, 9.17) is 0 Å². The third kappa shape index (κ3) is 3.76. The first-order valence-corrected chi connectivity index (χ1v) is 8.57. The summed E-state index contributed by atoms with van der Waals surface area (Å²) >= 11 is 0. The first-order chi connectivity index (χ1) is 6.90. The minimum absolute atomic E-state index is 0.0328. The summed E-state index contributed by atoms with van der Waals surface area (Å²) in [5.74, 6) is 3.20. The molecule has 0 aromatic rings. The van der Waals surface area contributed by atoms with Crippen LogP contribution in [0.15, 0.2) is 24.4 Å². The van der Waals surface area contributed by atoms with Crippen LogP contribution in [0.1, 0.15) is 6.92 Å². The first kappa shape index (κ1) is 11.8. The van der Waals surface area contributed by atoms with Gasteiger partial charge in [-0.15, -0.1) is 5.54 Å². The van der Waals surface area contributed by atoms with Crippen LogP contribution in [-0.2, 0) is 4.79 Å². The number of hydrogen-bond donors (Lipinski definition) is 0. The van der Waals surface area contributed by atoms with Gasteiger partial charge in [0.25, 0.3) is 0 Å². The van der Waals surface area contributed by atoms with Gasteiger partial charge < -0.3 is 4.90 Å². The summed E-state index contributed by atoms with van der Waals surface area (Å²) in [6, 6.07) is -0.0841. The van der Waals surface area contributed by atoms with Crippen LogP contribution >= 0.6 is 0 Å². The zero-order valence-electron chi connectivity index (χ0n) is 9.74. The lowest BCUT2D eigenvalue weighted by atomic mass is 10.2. The summed E-state index contributed by atoms with van der Waals surface area (Å²) in [6.45, 7) is 8.15. The van der Waals surface area contributed by atoms with Crippen molar-refractivity contribution in [3.05, 3.63) is 24.4 Å². The van der Waals surface area contributed by atoms with Crippen LogP contribution in [-0.4, -0.2) is 24.9 Å². The molecule has 0 bridgehead atoms. The molecule has 1 atom stereocenters. The lowest BCUT2D eigenvalue weighted by Gasteiger charge is -2.23. The summed E-state index contributed by atoms with van der Waals surface area (Å²) in [5, 5.41) is 0. The van der Waals surface area contributed by atoms with E-state index in [0.29, 0.717) is 0 Å². The smallest absolute Gasteiger partial charge is 0.224 e. The maximum atomic E-state index is 11.3. The first-order valence-electron chi connectivity index (χ1n) is 5.07. The highest BCUT2D eigenvalue weighted by Crippen LogP contribution is 2.08. The van der Waals surface area contributed by atoms with E-state index in [9.17, 15) is 4.79 Å². The van der Waals surface area contributed by atoms with E-state index in [0.717, 1.165) is 0 Å². The number of carbonyl (C=O) groups excluding carboxylic acids is 1. The van der Waals surface area contributed by atoms with Crippen LogP contribution in [0.25, 0.3) is 0 Å². The van der Waals surface area contributed by atoms with Crippen LogP contribution < -0.4 is 0 Å². The van der Waals surface area contributed by atoms with E-state index in [1.165, 1.54) is 0 Å². The molecule has 0 aliphatic carbocycles. The van der Waals surface area contributed by atoms with Gasteiger partial charge in [-0.3, -0.25) is 4.79 Å². The Hall–Kier alpha value is -1.27. The van der Waals surface area contributed by atoms with Gasteiger partial charge in [0.1, 0.15) is 14.1 Å². The molecule has 1 aliphatic heterocycles. The molecule has 1 amide bonds. The topological polar surface area (TPSA) is 20.3 Å². The second kappa shape index (κ2) is 4.50. The van der Waals surface area contributed by atoms with Gasteiger partial charge in [0.2, 0.25) is 5.91 Å². The van der Waals surface area contributed by atoms with Gasteiger partial charge in [0.15, 0.2) is 0 Å². The largest absolute Gasteiger partial charge is 0.301 e. The molecule has 15 heavy (non-hydrogen) atoms. The molecule has 80 valence electrons. The zero-order chi connectivity index (χ0) is 11.5. The third-order valence-corrected chi connectivity index (χ3v) is 2.80. The van der Waals surface area contributed by atoms with Crippen LogP contribution in [0, 0.1) is 11.5 Å². The molecule has 0 unspecified atom stereocenters. The SMILES string of the molecule is CC(=O)N1C=CC=C[C@@H]1C#C[Si](C)(C)C. The number of allylic oxidation sites excluding steroid dienone is 2. The minimum Gasteiger partial charge on any atom is -0.301 e. The summed E-state index contributed by atoms with van der Waals surface area (Å²) in [4.78, 5) is 13.0. The number of nitrogens with zero attached hydrogens (tertiary/aromatic N) is 1. The molecule has 0 N–H and O–H groups in total. The predicted octanol–water partition coefficient (Wildman–Crippen LogP) is 2.17. The van der Waals surface area contributed by atoms with Gasteiger partial charge in [-0.25, -0.2) is 0 Å². The molecule has 0 aromatic heterocycles. The maximum Gasteiger partial charge on any atom is 0.224 e. The minimum atomic E-state index is -1.36. The van der Waals surface area contributed by atoms with Crippen molar-refractivity contribution in [2.45, 2.75) is 32.6 Å². The second-order valence-corrected chi connectivity index (χ2v) is 9.37. The van der Waals surface area contributed by atoms with Crippen molar-refractivity contribution in [1.82, 2.24) is 4.90 Å². The van der Waals surface area contributed by atoms with Crippen molar-refractivity contribution in [3.8, 4) is 11.5 Å². The van der Waals surface area contributed by atoms with Crippen molar-refractivity contribution < 1.29 is 4.79 Å². The van der Waals surface area contributed by atoms with Gasteiger partial charge in [0, 0.05) is 13.1 Å². The maximum absolute atomic E-state index is 11.3. The highest BCUT2D eigenvalue weighted by atomic mass is 28.3. The highest BCUT2D eigenvalue weighted by Gasteiger charge is 2.16. The Morgan fingerprint density at radius 3 is 2.53 bits per heavy atom. The summed E-state index contributed by atoms with van der Waals surface area (Å²) in [7, 11) is -1.36. The van der Waals surface area contributed by atoms with Crippen LogP contribution in [0.5, 0.6) is 0 Å². The van der Waals surface area contributed by atoms with E-state index in [1.807, 2.05) is 18.2 Å². The van der Waals surface area contributed by atoms with Crippen LogP contribution in [0.3, 0.4) is 0 Å². The molecule has 1 rings (SSSR count).